The highest BCUT2D eigenvalue weighted by Gasteiger charge is 2.26. The molecular weight excluding hydrogens is 346 g/mol. The van der Waals surface area contributed by atoms with Crippen molar-refractivity contribution in [2.24, 2.45) is 0 Å². The lowest BCUT2D eigenvalue weighted by Crippen LogP contribution is -2.50. The number of piperazine rings is 1. The van der Waals surface area contributed by atoms with Crippen LogP contribution in [-0.2, 0) is 4.79 Å². The third-order valence-corrected chi connectivity index (χ3v) is 4.39. The van der Waals surface area contributed by atoms with E-state index in [0.717, 1.165) is 0 Å². The number of nitrogens with zero attached hydrogens (tertiary/aromatic N) is 2. The number of benzene rings is 1. The average Bonchev–Trinajstić information content (AvgIpc) is 3.14. The maximum absolute atomic E-state index is 12.6. The molecule has 0 saturated carbocycles. The summed E-state index contributed by atoms with van der Waals surface area (Å²) < 4.78 is 5.38. The van der Waals surface area contributed by atoms with Gasteiger partial charge in [-0.2, -0.15) is 0 Å². The van der Waals surface area contributed by atoms with E-state index in [2.05, 4.69) is 11.9 Å². The zero-order valence-corrected chi connectivity index (χ0v) is 15.1. The minimum atomic E-state index is -0.304. The standard InChI is InChI=1S/C20H21N3O4/c1-3-18(24)21-16-7-5-15(6-8-16)19(25)22-10-12-23(13-11-22)20(26)17-9-4-14(2)27-17/h3-9H,1,10-13H2,2H3,(H,21,24). The van der Waals surface area contributed by atoms with E-state index in [9.17, 15) is 14.4 Å². The number of nitrogens with one attached hydrogen (secondary N) is 1. The number of hydrogen-bond acceptors (Lipinski definition) is 4. The Morgan fingerprint density at radius 1 is 0.963 bits per heavy atom. The number of carbonyl (C=O) groups is 3. The maximum Gasteiger partial charge on any atom is 0.289 e. The van der Waals surface area contributed by atoms with Crippen molar-refractivity contribution in [3.8, 4) is 0 Å². The van der Waals surface area contributed by atoms with Crippen LogP contribution in [0.5, 0.6) is 0 Å². The highest BCUT2D eigenvalue weighted by molar-refractivity contribution is 6.00. The third-order valence-electron chi connectivity index (χ3n) is 4.39. The molecule has 0 atom stereocenters. The average molecular weight is 367 g/mol. The molecule has 1 aromatic heterocycles. The molecule has 1 saturated heterocycles. The van der Waals surface area contributed by atoms with E-state index in [-0.39, 0.29) is 17.7 Å². The molecule has 1 aliphatic rings. The normalized spacial score (nSPS) is 14.0. The van der Waals surface area contributed by atoms with Crippen molar-refractivity contribution >= 4 is 23.4 Å². The van der Waals surface area contributed by atoms with Gasteiger partial charge in [0.05, 0.1) is 0 Å². The van der Waals surface area contributed by atoms with Gasteiger partial charge in [0, 0.05) is 37.4 Å². The summed E-state index contributed by atoms with van der Waals surface area (Å²) in [5.74, 6) is 0.459. The second-order valence-corrected chi connectivity index (χ2v) is 6.27. The molecule has 140 valence electrons. The SMILES string of the molecule is C=CC(=O)Nc1ccc(C(=O)N2CCN(C(=O)c3ccc(C)o3)CC2)cc1. The molecule has 2 heterocycles. The van der Waals surface area contributed by atoms with Crippen LogP contribution in [0.15, 0.2) is 53.5 Å². The van der Waals surface area contributed by atoms with E-state index in [1.807, 2.05) is 0 Å². The Hall–Kier alpha value is -3.35. The van der Waals surface area contributed by atoms with E-state index in [0.29, 0.717) is 49.0 Å². The Morgan fingerprint density at radius 3 is 2.07 bits per heavy atom. The fourth-order valence-electron chi connectivity index (χ4n) is 2.89. The highest BCUT2D eigenvalue weighted by Crippen LogP contribution is 2.15. The van der Waals surface area contributed by atoms with Gasteiger partial charge >= 0.3 is 0 Å². The van der Waals surface area contributed by atoms with Gasteiger partial charge < -0.3 is 19.5 Å². The summed E-state index contributed by atoms with van der Waals surface area (Å²) in [5.41, 5.74) is 1.13. The summed E-state index contributed by atoms with van der Waals surface area (Å²) in [6, 6.07) is 10.1. The number of carbonyl (C=O) groups excluding carboxylic acids is 3. The first-order chi connectivity index (χ1) is 13.0. The summed E-state index contributed by atoms with van der Waals surface area (Å²) >= 11 is 0. The lowest BCUT2D eigenvalue weighted by Gasteiger charge is -2.34. The van der Waals surface area contributed by atoms with Crippen LogP contribution in [0.25, 0.3) is 0 Å². The van der Waals surface area contributed by atoms with Gasteiger partial charge in [-0.1, -0.05) is 6.58 Å². The molecule has 7 heteroatoms. The van der Waals surface area contributed by atoms with Crippen molar-refractivity contribution < 1.29 is 18.8 Å². The second kappa shape index (κ2) is 7.90. The topological polar surface area (TPSA) is 82.9 Å². The summed E-state index contributed by atoms with van der Waals surface area (Å²) in [6.07, 6.45) is 1.18. The van der Waals surface area contributed by atoms with Crippen LogP contribution in [0.3, 0.4) is 0 Å². The van der Waals surface area contributed by atoms with Crippen LogP contribution in [-0.4, -0.2) is 53.7 Å². The number of furan rings is 1. The van der Waals surface area contributed by atoms with Crippen molar-refractivity contribution in [2.45, 2.75) is 6.92 Å². The van der Waals surface area contributed by atoms with Gasteiger partial charge in [-0.25, -0.2) is 0 Å². The molecule has 1 N–H and O–H groups in total. The molecule has 1 aliphatic heterocycles. The van der Waals surface area contributed by atoms with Crippen LogP contribution >= 0.6 is 0 Å². The van der Waals surface area contributed by atoms with E-state index in [1.165, 1.54) is 6.08 Å². The lowest BCUT2D eigenvalue weighted by molar-refractivity contribution is -0.111. The molecule has 0 spiro atoms. The lowest BCUT2D eigenvalue weighted by atomic mass is 10.1. The number of hydrogen-bond donors (Lipinski definition) is 1. The molecule has 2 aromatic rings. The minimum absolute atomic E-state index is 0.0995. The van der Waals surface area contributed by atoms with Gasteiger partial charge in [0.1, 0.15) is 5.76 Å². The Morgan fingerprint density at radius 2 is 1.56 bits per heavy atom. The molecule has 27 heavy (non-hydrogen) atoms. The molecule has 3 amide bonds. The smallest absolute Gasteiger partial charge is 0.289 e. The van der Waals surface area contributed by atoms with Gasteiger partial charge in [-0.15, -0.1) is 0 Å². The summed E-state index contributed by atoms with van der Waals surface area (Å²) in [6.45, 7) is 7.02. The first kappa shape index (κ1) is 18.4. The Labute approximate surface area is 157 Å². The molecule has 0 aliphatic carbocycles. The van der Waals surface area contributed by atoms with Crippen LogP contribution in [0, 0.1) is 6.92 Å². The molecule has 0 radical (unpaired) electrons. The fourth-order valence-corrected chi connectivity index (χ4v) is 2.89. The molecule has 7 nitrogen and oxygen atoms in total. The Kier molecular flexibility index (Phi) is 5.40. The first-order valence-corrected chi connectivity index (χ1v) is 8.66. The van der Waals surface area contributed by atoms with E-state index in [1.54, 1.807) is 53.1 Å². The number of aryl methyl sites for hydroxylation is 1. The van der Waals surface area contributed by atoms with Crippen molar-refractivity contribution in [1.82, 2.24) is 9.80 Å². The Bertz CT molecular complexity index is 862. The monoisotopic (exact) mass is 367 g/mol. The van der Waals surface area contributed by atoms with Crippen LogP contribution in [0.4, 0.5) is 5.69 Å². The fraction of sp³-hybridized carbons (Fsp3) is 0.250. The molecule has 3 rings (SSSR count). The first-order valence-electron chi connectivity index (χ1n) is 8.66. The maximum atomic E-state index is 12.6. The van der Waals surface area contributed by atoms with Gasteiger partial charge in [-0.05, 0) is 49.4 Å². The van der Waals surface area contributed by atoms with Gasteiger partial charge in [0.25, 0.3) is 11.8 Å². The van der Waals surface area contributed by atoms with E-state index >= 15 is 0 Å². The van der Waals surface area contributed by atoms with E-state index in [4.69, 9.17) is 4.42 Å². The summed E-state index contributed by atoms with van der Waals surface area (Å²) in [7, 11) is 0. The number of anilines is 1. The van der Waals surface area contributed by atoms with Crippen molar-refractivity contribution in [2.75, 3.05) is 31.5 Å². The molecule has 1 aromatic carbocycles. The highest BCUT2D eigenvalue weighted by atomic mass is 16.3. The van der Waals surface area contributed by atoms with Gasteiger partial charge in [-0.3, -0.25) is 14.4 Å². The minimum Gasteiger partial charge on any atom is -0.456 e. The Balaban J connectivity index is 1.57. The van der Waals surface area contributed by atoms with Crippen molar-refractivity contribution in [3.63, 3.8) is 0 Å². The number of rotatable bonds is 4. The number of amides is 3. The van der Waals surface area contributed by atoms with Crippen LogP contribution in [0.1, 0.15) is 26.7 Å². The van der Waals surface area contributed by atoms with Crippen LogP contribution < -0.4 is 5.32 Å². The quantitative estimate of drug-likeness (QED) is 0.841. The third kappa shape index (κ3) is 4.25. The van der Waals surface area contributed by atoms with Crippen molar-refractivity contribution in [1.29, 1.82) is 0 Å². The summed E-state index contributed by atoms with van der Waals surface area (Å²) in [5, 5.41) is 2.64. The molecule has 0 bridgehead atoms. The van der Waals surface area contributed by atoms with Gasteiger partial charge in [0.15, 0.2) is 5.76 Å². The largest absolute Gasteiger partial charge is 0.456 e. The predicted molar refractivity (Wildman–Crippen MR) is 101 cm³/mol. The van der Waals surface area contributed by atoms with Crippen LogP contribution in [0.2, 0.25) is 0 Å². The van der Waals surface area contributed by atoms with Gasteiger partial charge in [0.2, 0.25) is 5.91 Å². The zero-order chi connectivity index (χ0) is 19.4. The molecule has 1 fully saturated rings. The second-order valence-electron chi connectivity index (χ2n) is 6.27. The zero-order valence-electron chi connectivity index (χ0n) is 15.1. The predicted octanol–water partition coefficient (Wildman–Crippen LogP) is 2.31. The van der Waals surface area contributed by atoms with E-state index < -0.39 is 0 Å². The molecular formula is C20H21N3O4. The van der Waals surface area contributed by atoms with Crippen molar-refractivity contribution in [3.05, 3.63) is 66.1 Å². The summed E-state index contributed by atoms with van der Waals surface area (Å²) in [4.78, 5) is 39.7. The molecule has 0 unspecified atom stereocenters.